The maximum absolute atomic E-state index is 13.0. The van der Waals surface area contributed by atoms with Crippen LogP contribution in [-0.4, -0.2) is 23.5 Å². The van der Waals surface area contributed by atoms with Gasteiger partial charge < -0.3 is 10.6 Å². The lowest BCUT2D eigenvalue weighted by Crippen LogP contribution is -2.22. The van der Waals surface area contributed by atoms with Gasteiger partial charge in [-0.15, -0.1) is 0 Å². The summed E-state index contributed by atoms with van der Waals surface area (Å²) in [6, 6.07) is 4.62. The third kappa shape index (κ3) is 2.08. The van der Waals surface area contributed by atoms with Crippen molar-refractivity contribution in [3.8, 4) is 0 Å². The molecule has 2 heterocycles. The van der Waals surface area contributed by atoms with Crippen molar-refractivity contribution >= 4 is 32.6 Å². The molecule has 1 saturated heterocycles. The molecule has 4 nitrogen and oxygen atoms in total. The van der Waals surface area contributed by atoms with Crippen molar-refractivity contribution in [1.29, 1.82) is 0 Å². The van der Waals surface area contributed by atoms with Gasteiger partial charge in [-0.05, 0) is 12.1 Å². The molecule has 1 amide bonds. The van der Waals surface area contributed by atoms with Crippen molar-refractivity contribution in [1.82, 2.24) is 10.3 Å². The number of hydrogen-bond donors (Lipinski definition) is 2. The zero-order valence-electron chi connectivity index (χ0n) is 8.87. The number of carbonyl (C=O) groups is 1. The molecule has 1 atom stereocenters. The molecule has 6 heteroatoms. The topological polar surface area (TPSA) is 54.0 Å². The van der Waals surface area contributed by atoms with Gasteiger partial charge in [-0.1, -0.05) is 11.3 Å². The van der Waals surface area contributed by atoms with Crippen molar-refractivity contribution in [2.45, 2.75) is 12.5 Å². The Labute approximate surface area is 101 Å². The molecular formula is C11H10FN3OS. The summed E-state index contributed by atoms with van der Waals surface area (Å²) in [7, 11) is 0. The number of rotatable bonds is 2. The van der Waals surface area contributed by atoms with Crippen molar-refractivity contribution in [3.05, 3.63) is 24.0 Å². The molecule has 1 fully saturated rings. The first kappa shape index (κ1) is 10.5. The maximum Gasteiger partial charge on any atom is 0.222 e. The first-order valence-corrected chi connectivity index (χ1v) is 6.12. The van der Waals surface area contributed by atoms with Crippen LogP contribution in [0.1, 0.15) is 6.42 Å². The first-order chi connectivity index (χ1) is 8.20. The minimum absolute atomic E-state index is 0.0506. The highest BCUT2D eigenvalue weighted by Gasteiger charge is 2.22. The molecule has 0 bridgehead atoms. The number of amides is 1. The van der Waals surface area contributed by atoms with Crippen molar-refractivity contribution < 1.29 is 9.18 Å². The monoisotopic (exact) mass is 251 g/mol. The second kappa shape index (κ2) is 3.96. The molecule has 1 aliphatic rings. The van der Waals surface area contributed by atoms with Gasteiger partial charge in [-0.3, -0.25) is 4.79 Å². The number of nitrogens with one attached hydrogen (secondary N) is 2. The highest BCUT2D eigenvalue weighted by atomic mass is 32.1. The van der Waals surface area contributed by atoms with E-state index in [1.165, 1.54) is 23.5 Å². The predicted molar refractivity (Wildman–Crippen MR) is 64.6 cm³/mol. The number of halogens is 1. The van der Waals surface area contributed by atoms with Crippen molar-refractivity contribution in [3.63, 3.8) is 0 Å². The fourth-order valence-corrected chi connectivity index (χ4v) is 2.77. The van der Waals surface area contributed by atoms with E-state index >= 15 is 0 Å². The summed E-state index contributed by atoms with van der Waals surface area (Å²) >= 11 is 1.47. The second-order valence-corrected chi connectivity index (χ2v) is 5.01. The van der Waals surface area contributed by atoms with Gasteiger partial charge in [-0.25, -0.2) is 9.37 Å². The fourth-order valence-electron chi connectivity index (χ4n) is 1.84. The van der Waals surface area contributed by atoms with E-state index in [0.29, 0.717) is 18.5 Å². The molecular weight excluding hydrogens is 241 g/mol. The van der Waals surface area contributed by atoms with Gasteiger partial charge in [0, 0.05) is 19.0 Å². The number of thiazole rings is 1. The molecule has 88 valence electrons. The number of hydrogen-bond acceptors (Lipinski definition) is 4. The van der Waals surface area contributed by atoms with E-state index in [9.17, 15) is 9.18 Å². The number of carbonyl (C=O) groups excluding carboxylic acids is 1. The van der Waals surface area contributed by atoms with Crippen LogP contribution >= 0.6 is 11.3 Å². The van der Waals surface area contributed by atoms with Gasteiger partial charge in [0.2, 0.25) is 5.91 Å². The zero-order valence-corrected chi connectivity index (χ0v) is 9.68. The highest BCUT2D eigenvalue weighted by Crippen LogP contribution is 2.27. The molecule has 2 aromatic rings. The van der Waals surface area contributed by atoms with Crippen LogP contribution in [0.15, 0.2) is 18.2 Å². The summed E-state index contributed by atoms with van der Waals surface area (Å²) in [4.78, 5) is 15.3. The van der Waals surface area contributed by atoms with E-state index in [4.69, 9.17) is 0 Å². The lowest BCUT2D eigenvalue weighted by atomic mass is 10.3. The van der Waals surface area contributed by atoms with Gasteiger partial charge >= 0.3 is 0 Å². The van der Waals surface area contributed by atoms with Crippen molar-refractivity contribution in [2.75, 3.05) is 11.9 Å². The SMILES string of the molecule is O=C1CC(Nc2nc3cc(F)ccc3s2)CN1. The Hall–Kier alpha value is -1.69. The maximum atomic E-state index is 13.0. The van der Waals surface area contributed by atoms with Crippen LogP contribution in [0.2, 0.25) is 0 Å². The lowest BCUT2D eigenvalue weighted by Gasteiger charge is -2.07. The molecule has 1 aliphatic heterocycles. The van der Waals surface area contributed by atoms with Crippen LogP contribution in [0.25, 0.3) is 10.2 Å². The summed E-state index contributed by atoms with van der Waals surface area (Å²) in [5.41, 5.74) is 0.648. The Morgan fingerprint density at radius 3 is 3.18 bits per heavy atom. The largest absolute Gasteiger partial charge is 0.356 e. The molecule has 1 aromatic carbocycles. The molecule has 0 spiro atoms. The van der Waals surface area contributed by atoms with E-state index in [1.807, 2.05) is 0 Å². The average Bonchev–Trinajstić information content (AvgIpc) is 2.84. The summed E-state index contributed by atoms with van der Waals surface area (Å²) in [5, 5.41) is 6.66. The highest BCUT2D eigenvalue weighted by molar-refractivity contribution is 7.22. The molecule has 0 saturated carbocycles. The Morgan fingerprint density at radius 1 is 1.53 bits per heavy atom. The number of nitrogens with zero attached hydrogens (tertiary/aromatic N) is 1. The van der Waals surface area contributed by atoms with E-state index < -0.39 is 0 Å². The molecule has 1 aromatic heterocycles. The third-order valence-electron chi connectivity index (χ3n) is 2.65. The van der Waals surface area contributed by atoms with Crippen LogP contribution in [0.5, 0.6) is 0 Å². The summed E-state index contributed by atoms with van der Waals surface area (Å²) in [6.07, 6.45) is 0.463. The summed E-state index contributed by atoms with van der Waals surface area (Å²) < 4.78 is 13.9. The van der Waals surface area contributed by atoms with Crippen LogP contribution in [0.4, 0.5) is 9.52 Å². The van der Waals surface area contributed by atoms with E-state index in [0.717, 1.165) is 9.83 Å². The number of fused-ring (bicyclic) bond motifs is 1. The molecule has 0 aliphatic carbocycles. The van der Waals surface area contributed by atoms with Crippen LogP contribution in [0.3, 0.4) is 0 Å². The van der Waals surface area contributed by atoms with E-state index in [-0.39, 0.29) is 17.8 Å². The summed E-state index contributed by atoms with van der Waals surface area (Å²) in [6.45, 7) is 0.614. The van der Waals surface area contributed by atoms with Crippen molar-refractivity contribution in [2.24, 2.45) is 0 Å². The molecule has 2 N–H and O–H groups in total. The van der Waals surface area contributed by atoms with E-state index in [2.05, 4.69) is 15.6 Å². The quantitative estimate of drug-likeness (QED) is 0.854. The second-order valence-electron chi connectivity index (χ2n) is 3.98. The van der Waals surface area contributed by atoms with Gasteiger partial charge in [0.1, 0.15) is 5.82 Å². The van der Waals surface area contributed by atoms with Gasteiger partial charge in [0.05, 0.1) is 16.3 Å². The standard InChI is InChI=1S/C11H10FN3OS/c12-6-1-2-9-8(3-6)15-11(17-9)14-7-4-10(16)13-5-7/h1-3,7H,4-5H2,(H,13,16)(H,14,15). The van der Waals surface area contributed by atoms with Crippen LogP contribution < -0.4 is 10.6 Å². The Kier molecular flexibility index (Phi) is 2.44. The predicted octanol–water partition coefficient (Wildman–Crippen LogP) is 1.74. The molecule has 0 radical (unpaired) electrons. The lowest BCUT2D eigenvalue weighted by molar-refractivity contribution is -0.119. The fraction of sp³-hybridized carbons (Fsp3) is 0.273. The Bertz CT molecular complexity index is 583. The normalized spacial score (nSPS) is 19.6. The smallest absolute Gasteiger partial charge is 0.222 e. The number of benzene rings is 1. The van der Waals surface area contributed by atoms with Gasteiger partial charge in [-0.2, -0.15) is 0 Å². The molecule has 17 heavy (non-hydrogen) atoms. The van der Waals surface area contributed by atoms with Crippen LogP contribution in [0, 0.1) is 5.82 Å². The summed E-state index contributed by atoms with van der Waals surface area (Å²) in [5.74, 6) is -0.235. The third-order valence-corrected chi connectivity index (χ3v) is 3.62. The van der Waals surface area contributed by atoms with E-state index in [1.54, 1.807) is 6.07 Å². The average molecular weight is 251 g/mol. The first-order valence-electron chi connectivity index (χ1n) is 5.30. The molecule has 3 rings (SSSR count). The minimum atomic E-state index is -0.285. The molecule has 1 unspecified atom stereocenters. The van der Waals surface area contributed by atoms with Gasteiger partial charge in [0.15, 0.2) is 5.13 Å². The van der Waals surface area contributed by atoms with Crippen LogP contribution in [-0.2, 0) is 4.79 Å². The number of anilines is 1. The Morgan fingerprint density at radius 2 is 2.41 bits per heavy atom. The minimum Gasteiger partial charge on any atom is -0.356 e. The Balaban J connectivity index is 1.83. The zero-order chi connectivity index (χ0) is 11.8. The number of aromatic nitrogens is 1. The van der Waals surface area contributed by atoms with Gasteiger partial charge in [0.25, 0.3) is 0 Å².